The van der Waals surface area contributed by atoms with E-state index >= 15 is 0 Å². The number of amides is 1. The standard InChI is InChI=1S/C16H14ClFN2O3/c1-23-16(22)13-8-11(5-6-14(13)17)19-9-15(21)20-12-4-2-3-10(18)7-12/h2-8,19H,9H2,1H3,(H,20,21). The van der Waals surface area contributed by atoms with Crippen LogP contribution in [0.25, 0.3) is 0 Å². The number of ether oxygens (including phenoxy) is 1. The topological polar surface area (TPSA) is 67.4 Å². The van der Waals surface area contributed by atoms with Crippen LogP contribution >= 0.6 is 11.6 Å². The zero-order chi connectivity index (χ0) is 16.8. The highest BCUT2D eigenvalue weighted by molar-refractivity contribution is 6.33. The van der Waals surface area contributed by atoms with Gasteiger partial charge in [0.2, 0.25) is 5.91 Å². The van der Waals surface area contributed by atoms with E-state index in [1.807, 2.05) is 0 Å². The van der Waals surface area contributed by atoms with Crippen molar-refractivity contribution in [2.45, 2.75) is 0 Å². The SMILES string of the molecule is COC(=O)c1cc(NCC(=O)Nc2cccc(F)c2)ccc1Cl. The highest BCUT2D eigenvalue weighted by atomic mass is 35.5. The first-order chi connectivity index (χ1) is 11.0. The summed E-state index contributed by atoms with van der Waals surface area (Å²) in [6.07, 6.45) is 0. The van der Waals surface area contributed by atoms with Crippen molar-refractivity contribution in [3.8, 4) is 0 Å². The van der Waals surface area contributed by atoms with Gasteiger partial charge in [-0.15, -0.1) is 0 Å². The summed E-state index contributed by atoms with van der Waals surface area (Å²) >= 11 is 5.91. The van der Waals surface area contributed by atoms with Crippen molar-refractivity contribution in [2.24, 2.45) is 0 Å². The van der Waals surface area contributed by atoms with Gasteiger partial charge >= 0.3 is 5.97 Å². The first kappa shape index (κ1) is 16.8. The molecular formula is C16H14ClFN2O3. The normalized spacial score (nSPS) is 10.0. The molecule has 2 aromatic rings. The van der Waals surface area contributed by atoms with Gasteiger partial charge in [-0.1, -0.05) is 17.7 Å². The van der Waals surface area contributed by atoms with Crippen LogP contribution in [0.15, 0.2) is 42.5 Å². The third-order valence-corrected chi connectivity index (χ3v) is 3.26. The summed E-state index contributed by atoms with van der Waals surface area (Å²) in [6.45, 7) is -0.0568. The molecular weight excluding hydrogens is 323 g/mol. The minimum Gasteiger partial charge on any atom is -0.465 e. The van der Waals surface area contributed by atoms with E-state index in [1.165, 1.54) is 37.4 Å². The molecule has 0 saturated carbocycles. The highest BCUT2D eigenvalue weighted by Gasteiger charge is 2.12. The lowest BCUT2D eigenvalue weighted by molar-refractivity contribution is -0.114. The molecule has 0 bridgehead atoms. The molecule has 0 radical (unpaired) electrons. The van der Waals surface area contributed by atoms with E-state index in [4.69, 9.17) is 11.6 Å². The molecule has 1 amide bonds. The molecule has 0 aliphatic rings. The second kappa shape index (κ2) is 7.60. The molecule has 2 rings (SSSR count). The predicted molar refractivity (Wildman–Crippen MR) is 86.3 cm³/mol. The molecule has 7 heteroatoms. The molecule has 0 aromatic heterocycles. The minimum absolute atomic E-state index is 0.0568. The van der Waals surface area contributed by atoms with Crippen LogP contribution in [-0.2, 0) is 9.53 Å². The zero-order valence-corrected chi connectivity index (χ0v) is 13.0. The number of hydrogen-bond donors (Lipinski definition) is 2. The molecule has 0 aliphatic carbocycles. The van der Waals surface area contributed by atoms with Gasteiger partial charge in [0.1, 0.15) is 5.82 Å². The molecule has 2 aromatic carbocycles. The van der Waals surface area contributed by atoms with Crippen LogP contribution in [0.2, 0.25) is 5.02 Å². The van der Waals surface area contributed by atoms with E-state index in [9.17, 15) is 14.0 Å². The van der Waals surface area contributed by atoms with Crippen LogP contribution in [0.1, 0.15) is 10.4 Å². The molecule has 0 heterocycles. The molecule has 0 aliphatic heterocycles. The summed E-state index contributed by atoms with van der Waals surface area (Å²) in [5, 5.41) is 5.66. The van der Waals surface area contributed by atoms with Crippen LogP contribution in [-0.4, -0.2) is 25.5 Å². The number of anilines is 2. The number of esters is 1. The van der Waals surface area contributed by atoms with Gasteiger partial charge in [0, 0.05) is 11.4 Å². The van der Waals surface area contributed by atoms with Gasteiger partial charge in [-0.05, 0) is 36.4 Å². The molecule has 2 N–H and O–H groups in total. The summed E-state index contributed by atoms with van der Waals surface area (Å²) < 4.78 is 17.7. The molecule has 5 nitrogen and oxygen atoms in total. The maximum Gasteiger partial charge on any atom is 0.339 e. The first-order valence-corrected chi connectivity index (χ1v) is 7.04. The fraction of sp³-hybridized carbons (Fsp3) is 0.125. The third kappa shape index (κ3) is 4.69. The number of nitrogens with one attached hydrogen (secondary N) is 2. The largest absolute Gasteiger partial charge is 0.465 e. The Morgan fingerprint density at radius 3 is 2.65 bits per heavy atom. The summed E-state index contributed by atoms with van der Waals surface area (Å²) in [5.74, 6) is -1.36. The first-order valence-electron chi connectivity index (χ1n) is 6.67. The van der Waals surface area contributed by atoms with Gasteiger partial charge in [-0.3, -0.25) is 4.79 Å². The van der Waals surface area contributed by atoms with Crippen LogP contribution in [0.4, 0.5) is 15.8 Å². The lowest BCUT2D eigenvalue weighted by Gasteiger charge is -2.10. The van der Waals surface area contributed by atoms with Crippen molar-refractivity contribution in [1.29, 1.82) is 0 Å². The summed E-state index contributed by atoms with van der Waals surface area (Å²) in [7, 11) is 1.26. The Morgan fingerprint density at radius 2 is 1.96 bits per heavy atom. The van der Waals surface area contributed by atoms with E-state index in [0.717, 1.165) is 0 Å². The Labute approximate surface area is 137 Å². The third-order valence-electron chi connectivity index (χ3n) is 2.93. The van der Waals surface area contributed by atoms with E-state index < -0.39 is 11.8 Å². The van der Waals surface area contributed by atoms with Crippen molar-refractivity contribution in [3.63, 3.8) is 0 Å². The average molecular weight is 337 g/mol. The molecule has 0 fully saturated rings. The van der Waals surface area contributed by atoms with Gasteiger partial charge in [-0.25, -0.2) is 9.18 Å². The molecule has 23 heavy (non-hydrogen) atoms. The summed E-state index contributed by atoms with van der Waals surface area (Å²) in [6, 6.07) is 10.2. The van der Waals surface area contributed by atoms with Gasteiger partial charge in [0.25, 0.3) is 0 Å². The maximum absolute atomic E-state index is 13.0. The molecule has 120 valence electrons. The lowest BCUT2D eigenvalue weighted by atomic mass is 10.2. The molecule has 0 unspecified atom stereocenters. The Balaban J connectivity index is 1.98. The molecule has 0 atom stereocenters. The van der Waals surface area contributed by atoms with Gasteiger partial charge in [-0.2, -0.15) is 0 Å². The van der Waals surface area contributed by atoms with E-state index in [0.29, 0.717) is 11.4 Å². The number of carbonyl (C=O) groups excluding carboxylic acids is 2. The van der Waals surface area contributed by atoms with Crippen molar-refractivity contribution >= 4 is 34.9 Å². The van der Waals surface area contributed by atoms with Crippen LogP contribution in [0.5, 0.6) is 0 Å². The monoisotopic (exact) mass is 336 g/mol. The second-order valence-electron chi connectivity index (χ2n) is 4.60. The Bertz CT molecular complexity index is 737. The number of benzene rings is 2. The van der Waals surface area contributed by atoms with Crippen molar-refractivity contribution in [2.75, 3.05) is 24.3 Å². The highest BCUT2D eigenvalue weighted by Crippen LogP contribution is 2.21. The number of carbonyl (C=O) groups is 2. The van der Waals surface area contributed by atoms with Gasteiger partial charge in [0.05, 0.1) is 24.2 Å². The number of rotatable bonds is 5. The van der Waals surface area contributed by atoms with Crippen molar-refractivity contribution in [1.82, 2.24) is 0 Å². The van der Waals surface area contributed by atoms with Crippen LogP contribution in [0, 0.1) is 5.82 Å². The number of hydrogen-bond acceptors (Lipinski definition) is 4. The zero-order valence-electron chi connectivity index (χ0n) is 12.2. The van der Waals surface area contributed by atoms with Crippen LogP contribution in [0.3, 0.4) is 0 Å². The fourth-order valence-electron chi connectivity index (χ4n) is 1.86. The smallest absolute Gasteiger partial charge is 0.339 e. The predicted octanol–water partition coefficient (Wildman–Crippen LogP) is 3.32. The van der Waals surface area contributed by atoms with E-state index in [-0.39, 0.29) is 23.0 Å². The Kier molecular flexibility index (Phi) is 5.54. The van der Waals surface area contributed by atoms with E-state index in [2.05, 4.69) is 15.4 Å². The molecule has 0 saturated heterocycles. The summed E-state index contributed by atoms with van der Waals surface area (Å²) in [4.78, 5) is 23.4. The number of halogens is 2. The Hall–Kier alpha value is -2.60. The number of methoxy groups -OCH3 is 1. The average Bonchev–Trinajstić information content (AvgIpc) is 2.53. The summed E-state index contributed by atoms with van der Waals surface area (Å²) in [5.41, 5.74) is 1.09. The maximum atomic E-state index is 13.0. The molecule has 0 spiro atoms. The van der Waals surface area contributed by atoms with Crippen molar-refractivity contribution in [3.05, 3.63) is 58.9 Å². The lowest BCUT2D eigenvalue weighted by Crippen LogP contribution is -2.21. The second-order valence-corrected chi connectivity index (χ2v) is 5.01. The minimum atomic E-state index is -0.567. The van der Waals surface area contributed by atoms with Crippen molar-refractivity contribution < 1.29 is 18.7 Å². The van der Waals surface area contributed by atoms with Gasteiger partial charge < -0.3 is 15.4 Å². The Morgan fingerprint density at radius 1 is 1.17 bits per heavy atom. The quantitative estimate of drug-likeness (QED) is 0.822. The fourth-order valence-corrected chi connectivity index (χ4v) is 2.05. The van der Waals surface area contributed by atoms with E-state index in [1.54, 1.807) is 12.1 Å². The van der Waals surface area contributed by atoms with Crippen LogP contribution < -0.4 is 10.6 Å². The van der Waals surface area contributed by atoms with Gasteiger partial charge in [0.15, 0.2) is 0 Å².